The van der Waals surface area contributed by atoms with Crippen LogP contribution in [0.4, 0.5) is 0 Å². The molecule has 6 nitrogen and oxygen atoms in total. The molecule has 0 aliphatic carbocycles. The molecule has 0 aromatic rings. The van der Waals surface area contributed by atoms with Crippen molar-refractivity contribution in [2.45, 2.75) is 97.9 Å². The van der Waals surface area contributed by atoms with Crippen molar-refractivity contribution in [3.05, 3.63) is 0 Å². The molecule has 2 fully saturated rings. The van der Waals surface area contributed by atoms with Gasteiger partial charge in [0.05, 0.1) is 17.9 Å². The van der Waals surface area contributed by atoms with Crippen molar-refractivity contribution in [2.75, 3.05) is 7.11 Å². The number of fused-ring (bicyclic) bond motifs is 1. The number of Topliss-reactive ketones (excluding diaryl/α,β-unsaturated/α-hetero) is 1. The Kier molecular flexibility index (Phi) is 7.76. The van der Waals surface area contributed by atoms with Crippen molar-refractivity contribution in [2.24, 2.45) is 29.6 Å². The van der Waals surface area contributed by atoms with Crippen molar-refractivity contribution in [1.82, 2.24) is 0 Å². The van der Waals surface area contributed by atoms with E-state index in [9.17, 15) is 14.4 Å². The molecule has 8 unspecified atom stereocenters. The molecule has 0 N–H and O–H groups in total. The number of ether oxygens (including phenoxy) is 3. The summed E-state index contributed by atoms with van der Waals surface area (Å²) < 4.78 is 17.5. The lowest BCUT2D eigenvalue weighted by Gasteiger charge is -2.40. The molecule has 0 saturated carbocycles. The zero-order valence-electron chi connectivity index (χ0n) is 19.9. The van der Waals surface area contributed by atoms with E-state index in [1.807, 2.05) is 41.5 Å². The van der Waals surface area contributed by atoms with E-state index in [4.69, 9.17) is 14.2 Å². The topological polar surface area (TPSA) is 78.9 Å². The minimum Gasteiger partial charge on any atom is -0.458 e. The number of ketones is 1. The predicted octanol–water partition coefficient (Wildman–Crippen LogP) is 4.33. The Morgan fingerprint density at radius 2 is 1.67 bits per heavy atom. The fourth-order valence-corrected chi connectivity index (χ4v) is 5.75. The Morgan fingerprint density at radius 1 is 1.03 bits per heavy atom. The monoisotopic (exact) mass is 424 g/mol. The van der Waals surface area contributed by atoms with Gasteiger partial charge in [0, 0.05) is 24.9 Å². The number of methoxy groups -OCH3 is 1. The lowest BCUT2D eigenvalue weighted by atomic mass is 9.71. The molecular formula is C24H40O6. The van der Waals surface area contributed by atoms with E-state index in [1.54, 1.807) is 7.11 Å². The average Bonchev–Trinajstić information content (AvgIpc) is 2.98. The second-order valence-corrected chi connectivity index (χ2v) is 10.2. The standard InChI is InChI=1S/C24H40O6/c1-9-19-24(7)18(11-20(25)30-24)17(5)21(26)16(4)13-23(6,28-8)12-14(2)10-15(3)22(27)29-19/h14-19H,9-13H2,1-8H3. The molecule has 2 aliphatic heterocycles. The quantitative estimate of drug-likeness (QED) is 0.614. The fraction of sp³-hybridized carbons (Fsp3) is 0.875. The Bertz CT molecular complexity index is 660. The van der Waals surface area contributed by atoms with Crippen molar-refractivity contribution >= 4 is 17.7 Å². The number of hydrogen-bond acceptors (Lipinski definition) is 6. The van der Waals surface area contributed by atoms with Crippen molar-refractivity contribution < 1.29 is 28.6 Å². The summed E-state index contributed by atoms with van der Waals surface area (Å²) in [6, 6.07) is 0. The first-order valence-corrected chi connectivity index (χ1v) is 11.4. The first kappa shape index (κ1) is 24.8. The van der Waals surface area contributed by atoms with E-state index in [0.717, 1.165) is 6.42 Å². The second kappa shape index (κ2) is 9.37. The van der Waals surface area contributed by atoms with Crippen LogP contribution in [-0.2, 0) is 28.6 Å². The molecule has 30 heavy (non-hydrogen) atoms. The lowest BCUT2D eigenvalue weighted by Crippen LogP contribution is -2.51. The van der Waals surface area contributed by atoms with Gasteiger partial charge in [0.2, 0.25) is 0 Å². The third kappa shape index (κ3) is 5.06. The average molecular weight is 425 g/mol. The smallest absolute Gasteiger partial charge is 0.309 e. The third-order valence-corrected chi connectivity index (χ3v) is 7.43. The molecule has 2 rings (SSSR count). The van der Waals surface area contributed by atoms with Crippen LogP contribution in [0.1, 0.15) is 80.6 Å². The zero-order valence-corrected chi connectivity index (χ0v) is 19.9. The number of carbonyl (C=O) groups excluding carboxylic acids is 3. The van der Waals surface area contributed by atoms with E-state index in [2.05, 4.69) is 6.92 Å². The van der Waals surface area contributed by atoms with Crippen molar-refractivity contribution in [3.8, 4) is 0 Å². The number of rotatable bonds is 2. The third-order valence-electron chi connectivity index (χ3n) is 7.43. The van der Waals surface area contributed by atoms with E-state index in [1.165, 1.54) is 0 Å². The van der Waals surface area contributed by atoms with E-state index < -0.39 is 17.3 Å². The SMILES string of the molecule is CCC1OC(=O)C(C)CC(C)CC(C)(OC)CC(C)C(=O)C(C)C2CC(=O)OC12C. The van der Waals surface area contributed by atoms with Gasteiger partial charge < -0.3 is 14.2 Å². The molecule has 8 atom stereocenters. The van der Waals surface area contributed by atoms with Crippen LogP contribution in [0.3, 0.4) is 0 Å². The molecule has 2 heterocycles. The number of cyclic esters (lactones) is 1. The van der Waals surface area contributed by atoms with Crippen LogP contribution in [0.25, 0.3) is 0 Å². The van der Waals surface area contributed by atoms with Crippen LogP contribution in [-0.4, -0.2) is 42.1 Å². The predicted molar refractivity (Wildman–Crippen MR) is 114 cm³/mol. The highest BCUT2D eigenvalue weighted by Crippen LogP contribution is 2.44. The molecule has 6 heteroatoms. The van der Waals surface area contributed by atoms with Gasteiger partial charge in [-0.15, -0.1) is 0 Å². The van der Waals surface area contributed by atoms with Crippen LogP contribution in [0.15, 0.2) is 0 Å². The molecule has 2 aliphatic rings. The summed E-state index contributed by atoms with van der Waals surface area (Å²) in [5, 5.41) is 0. The van der Waals surface area contributed by atoms with Gasteiger partial charge in [-0.25, -0.2) is 0 Å². The van der Waals surface area contributed by atoms with Crippen LogP contribution < -0.4 is 0 Å². The normalized spacial score (nSPS) is 44.1. The zero-order chi connectivity index (χ0) is 22.9. The summed E-state index contributed by atoms with van der Waals surface area (Å²) in [5.74, 6) is -1.47. The second-order valence-electron chi connectivity index (χ2n) is 10.2. The first-order valence-electron chi connectivity index (χ1n) is 11.4. The van der Waals surface area contributed by atoms with Gasteiger partial charge in [-0.3, -0.25) is 14.4 Å². The van der Waals surface area contributed by atoms with Gasteiger partial charge in [-0.05, 0) is 45.4 Å². The first-order chi connectivity index (χ1) is 13.9. The van der Waals surface area contributed by atoms with Crippen molar-refractivity contribution in [3.63, 3.8) is 0 Å². The Labute approximate surface area is 181 Å². The van der Waals surface area contributed by atoms with Gasteiger partial charge in [0.1, 0.15) is 17.5 Å². The van der Waals surface area contributed by atoms with E-state index in [-0.39, 0.29) is 53.7 Å². The summed E-state index contributed by atoms with van der Waals surface area (Å²) in [4.78, 5) is 38.5. The Balaban J connectivity index is 2.46. The van der Waals surface area contributed by atoms with Gasteiger partial charge in [0.25, 0.3) is 0 Å². The highest BCUT2D eigenvalue weighted by molar-refractivity contribution is 5.85. The molecule has 172 valence electrons. The van der Waals surface area contributed by atoms with Gasteiger partial charge in [-0.1, -0.05) is 34.6 Å². The van der Waals surface area contributed by atoms with E-state index >= 15 is 0 Å². The number of carbonyl (C=O) groups is 3. The maximum Gasteiger partial charge on any atom is 0.309 e. The van der Waals surface area contributed by atoms with Gasteiger partial charge >= 0.3 is 11.9 Å². The van der Waals surface area contributed by atoms with Gasteiger partial charge in [0.15, 0.2) is 0 Å². The molecule has 0 radical (unpaired) electrons. The van der Waals surface area contributed by atoms with Crippen LogP contribution >= 0.6 is 0 Å². The minimum atomic E-state index is -1.00. The van der Waals surface area contributed by atoms with Crippen LogP contribution in [0, 0.1) is 29.6 Å². The van der Waals surface area contributed by atoms with Crippen LogP contribution in [0.5, 0.6) is 0 Å². The summed E-state index contributed by atoms with van der Waals surface area (Å²) >= 11 is 0. The number of hydrogen-bond donors (Lipinski definition) is 0. The summed E-state index contributed by atoms with van der Waals surface area (Å²) in [7, 11) is 1.68. The highest BCUT2D eigenvalue weighted by Gasteiger charge is 2.55. The minimum absolute atomic E-state index is 0.104. The Hall–Kier alpha value is -1.43. The maximum absolute atomic E-state index is 13.4. The van der Waals surface area contributed by atoms with Crippen LogP contribution in [0.2, 0.25) is 0 Å². The molecule has 0 bridgehead atoms. The van der Waals surface area contributed by atoms with Gasteiger partial charge in [-0.2, -0.15) is 0 Å². The molecule has 0 amide bonds. The van der Waals surface area contributed by atoms with Crippen molar-refractivity contribution in [1.29, 1.82) is 0 Å². The Morgan fingerprint density at radius 3 is 2.23 bits per heavy atom. The molecule has 2 saturated heterocycles. The molecule has 0 spiro atoms. The maximum atomic E-state index is 13.4. The summed E-state index contributed by atoms with van der Waals surface area (Å²) in [6.07, 6.45) is 2.15. The summed E-state index contributed by atoms with van der Waals surface area (Å²) in [5.41, 5.74) is -1.46. The summed E-state index contributed by atoms with van der Waals surface area (Å²) in [6.45, 7) is 13.6. The van der Waals surface area contributed by atoms with E-state index in [0.29, 0.717) is 19.3 Å². The molecule has 0 aromatic carbocycles. The highest BCUT2D eigenvalue weighted by atomic mass is 16.6. The molecular weight excluding hydrogens is 384 g/mol. The largest absolute Gasteiger partial charge is 0.458 e. The number of esters is 2. The molecule has 0 aromatic heterocycles. The lowest BCUT2D eigenvalue weighted by molar-refractivity contribution is -0.183. The fourth-order valence-electron chi connectivity index (χ4n) is 5.75.